The molecule has 0 amide bonds. The number of rotatable bonds is 6. The van der Waals surface area contributed by atoms with Crippen LogP contribution in [0.25, 0.3) is 0 Å². The third kappa shape index (κ3) is 4.61. The Bertz CT molecular complexity index is 765. The first-order valence-corrected chi connectivity index (χ1v) is 8.61. The van der Waals surface area contributed by atoms with Crippen LogP contribution in [-0.4, -0.2) is 39.8 Å². The van der Waals surface area contributed by atoms with Gasteiger partial charge in [-0.2, -0.15) is 5.26 Å². The normalized spacial score (nSPS) is 15.9. The van der Waals surface area contributed by atoms with Gasteiger partial charge in [-0.1, -0.05) is 0 Å². The highest BCUT2D eigenvalue weighted by atomic mass is 19.1. The molecule has 1 atom stereocenters. The maximum atomic E-state index is 13.9. The summed E-state index contributed by atoms with van der Waals surface area (Å²) >= 11 is 0. The van der Waals surface area contributed by atoms with Crippen molar-refractivity contribution in [2.45, 2.75) is 25.9 Å². The van der Waals surface area contributed by atoms with Crippen molar-refractivity contribution in [3.63, 3.8) is 0 Å². The third-order valence-corrected chi connectivity index (χ3v) is 4.26. The molecule has 0 bridgehead atoms. The van der Waals surface area contributed by atoms with Crippen molar-refractivity contribution < 1.29 is 4.39 Å². The van der Waals surface area contributed by atoms with E-state index in [1.54, 1.807) is 6.07 Å². The lowest BCUT2D eigenvalue weighted by atomic mass is 9.98. The Labute approximate surface area is 151 Å². The molecule has 1 saturated heterocycles. The topological polar surface area (TPSA) is 111 Å². The molecular formula is C17H21FN8. The van der Waals surface area contributed by atoms with E-state index in [-0.39, 0.29) is 11.4 Å². The second kappa shape index (κ2) is 8.49. The van der Waals surface area contributed by atoms with E-state index >= 15 is 0 Å². The Morgan fingerprint density at radius 3 is 2.73 bits per heavy atom. The Balaban J connectivity index is 1.73. The fourth-order valence-electron chi connectivity index (χ4n) is 2.82. The van der Waals surface area contributed by atoms with Gasteiger partial charge in [0.1, 0.15) is 23.8 Å². The number of anilines is 3. The van der Waals surface area contributed by atoms with Gasteiger partial charge < -0.3 is 16.0 Å². The van der Waals surface area contributed by atoms with Crippen molar-refractivity contribution >= 4 is 17.3 Å². The predicted octanol–water partition coefficient (Wildman–Crippen LogP) is 2.32. The lowest BCUT2D eigenvalue weighted by Crippen LogP contribution is -2.31. The van der Waals surface area contributed by atoms with Crippen LogP contribution in [0, 0.1) is 17.2 Å². The summed E-state index contributed by atoms with van der Waals surface area (Å²) < 4.78 is 13.9. The number of piperidine rings is 1. The molecule has 9 heteroatoms. The van der Waals surface area contributed by atoms with Gasteiger partial charge in [0, 0.05) is 12.6 Å². The summed E-state index contributed by atoms with van der Waals surface area (Å²) in [7, 11) is 0. The van der Waals surface area contributed by atoms with E-state index in [9.17, 15) is 4.39 Å². The fourth-order valence-corrected chi connectivity index (χ4v) is 2.82. The predicted molar refractivity (Wildman–Crippen MR) is 95.7 cm³/mol. The summed E-state index contributed by atoms with van der Waals surface area (Å²) in [5.41, 5.74) is 1.14. The number of hydrogen-bond donors (Lipinski definition) is 3. The minimum Gasteiger partial charge on any atom is -0.383 e. The highest BCUT2D eigenvalue weighted by Crippen LogP contribution is 2.26. The quantitative estimate of drug-likeness (QED) is 0.723. The maximum absolute atomic E-state index is 13.9. The number of nitrogens with one attached hydrogen (secondary N) is 3. The van der Waals surface area contributed by atoms with Crippen molar-refractivity contribution in [3.05, 3.63) is 29.8 Å². The van der Waals surface area contributed by atoms with Gasteiger partial charge in [0.2, 0.25) is 0 Å². The third-order valence-electron chi connectivity index (χ3n) is 4.26. The average molecular weight is 356 g/mol. The largest absolute Gasteiger partial charge is 0.383 e. The zero-order valence-electron chi connectivity index (χ0n) is 14.5. The molecule has 8 nitrogen and oxygen atoms in total. The molecule has 0 spiro atoms. The smallest absolute Gasteiger partial charge is 0.158 e. The van der Waals surface area contributed by atoms with Gasteiger partial charge in [-0.05, 0) is 38.8 Å². The van der Waals surface area contributed by atoms with Crippen LogP contribution in [0.1, 0.15) is 37.3 Å². The summed E-state index contributed by atoms with van der Waals surface area (Å²) in [5, 5.41) is 26.4. The van der Waals surface area contributed by atoms with Crippen LogP contribution in [0.4, 0.5) is 21.7 Å². The van der Waals surface area contributed by atoms with Crippen molar-refractivity contribution in [2.24, 2.45) is 5.92 Å². The van der Waals surface area contributed by atoms with Crippen LogP contribution in [0.15, 0.2) is 18.5 Å². The van der Waals surface area contributed by atoms with E-state index in [0.29, 0.717) is 23.2 Å². The van der Waals surface area contributed by atoms with Gasteiger partial charge in [0.05, 0.1) is 18.1 Å². The summed E-state index contributed by atoms with van der Waals surface area (Å²) in [6, 6.07) is 3.63. The molecule has 3 N–H and O–H groups in total. The SMILES string of the molecule is CC(F)c1nnc(Nc2cnc(C#N)cn2)cc1NCC1CCNCC1. The number of hydrogen-bond acceptors (Lipinski definition) is 8. The zero-order valence-corrected chi connectivity index (χ0v) is 14.5. The summed E-state index contributed by atoms with van der Waals surface area (Å²) in [6.07, 6.45) is 3.77. The zero-order chi connectivity index (χ0) is 18.4. The highest BCUT2D eigenvalue weighted by Gasteiger charge is 2.17. The van der Waals surface area contributed by atoms with Crippen molar-refractivity contribution in [3.8, 4) is 6.07 Å². The molecule has 0 saturated carbocycles. The standard InChI is InChI=1S/C17H21FN8/c1-11(18)17-14(22-8-12-2-4-20-5-3-12)6-15(25-26-17)24-16-10-21-13(7-19)9-23-16/h6,9-12,20H,2-5,8H2,1H3,(H2,22,23,24,25). The monoisotopic (exact) mass is 356 g/mol. The Morgan fingerprint density at radius 2 is 2.08 bits per heavy atom. The van der Waals surface area contributed by atoms with Crippen LogP contribution in [-0.2, 0) is 0 Å². The molecular weight excluding hydrogens is 335 g/mol. The number of nitriles is 1. The molecule has 0 aromatic carbocycles. The van der Waals surface area contributed by atoms with Crippen molar-refractivity contribution in [2.75, 3.05) is 30.3 Å². The van der Waals surface area contributed by atoms with Crippen LogP contribution in [0.5, 0.6) is 0 Å². The fraction of sp³-hybridized carbons (Fsp3) is 0.471. The Morgan fingerprint density at radius 1 is 1.27 bits per heavy atom. The molecule has 2 aromatic heterocycles. The first-order chi connectivity index (χ1) is 12.7. The van der Waals surface area contributed by atoms with E-state index in [2.05, 4.69) is 36.1 Å². The Kier molecular flexibility index (Phi) is 5.86. The van der Waals surface area contributed by atoms with Crippen LogP contribution in [0.3, 0.4) is 0 Å². The Hall–Kier alpha value is -2.86. The van der Waals surface area contributed by atoms with Gasteiger partial charge in [0.15, 0.2) is 11.5 Å². The molecule has 26 heavy (non-hydrogen) atoms. The van der Waals surface area contributed by atoms with Crippen LogP contribution in [0.2, 0.25) is 0 Å². The number of nitrogens with zero attached hydrogens (tertiary/aromatic N) is 5. The molecule has 3 heterocycles. The lowest BCUT2D eigenvalue weighted by molar-refractivity contribution is 0.363. The first kappa shape index (κ1) is 17.9. The molecule has 1 aliphatic rings. The number of halogens is 1. The van der Waals surface area contributed by atoms with Gasteiger partial charge in [-0.15, -0.1) is 10.2 Å². The van der Waals surface area contributed by atoms with E-state index in [1.807, 2.05) is 6.07 Å². The van der Waals surface area contributed by atoms with Gasteiger partial charge >= 0.3 is 0 Å². The molecule has 0 aliphatic carbocycles. The minimum absolute atomic E-state index is 0.229. The number of alkyl halides is 1. The molecule has 0 radical (unpaired) electrons. The molecule has 3 rings (SSSR count). The summed E-state index contributed by atoms with van der Waals surface area (Å²) in [4.78, 5) is 8.03. The second-order valence-electron chi connectivity index (χ2n) is 6.24. The van der Waals surface area contributed by atoms with E-state index in [4.69, 9.17) is 5.26 Å². The van der Waals surface area contributed by atoms with E-state index < -0.39 is 6.17 Å². The summed E-state index contributed by atoms with van der Waals surface area (Å²) in [5.74, 6) is 1.41. The molecule has 2 aromatic rings. The molecule has 1 aliphatic heterocycles. The van der Waals surface area contributed by atoms with Crippen molar-refractivity contribution in [1.29, 1.82) is 5.26 Å². The van der Waals surface area contributed by atoms with Gasteiger partial charge in [-0.3, -0.25) is 0 Å². The van der Waals surface area contributed by atoms with Gasteiger partial charge in [0.25, 0.3) is 0 Å². The summed E-state index contributed by atoms with van der Waals surface area (Å²) in [6.45, 7) is 4.23. The lowest BCUT2D eigenvalue weighted by Gasteiger charge is -2.24. The minimum atomic E-state index is -1.22. The van der Waals surface area contributed by atoms with Crippen molar-refractivity contribution in [1.82, 2.24) is 25.5 Å². The molecule has 1 fully saturated rings. The number of aromatic nitrogens is 4. The maximum Gasteiger partial charge on any atom is 0.158 e. The van der Waals surface area contributed by atoms with Crippen LogP contribution >= 0.6 is 0 Å². The van der Waals surface area contributed by atoms with E-state index in [0.717, 1.165) is 32.5 Å². The highest BCUT2D eigenvalue weighted by molar-refractivity contribution is 5.59. The molecule has 1 unspecified atom stereocenters. The first-order valence-electron chi connectivity index (χ1n) is 8.61. The molecule has 136 valence electrons. The van der Waals surface area contributed by atoms with Gasteiger partial charge in [-0.25, -0.2) is 14.4 Å². The second-order valence-corrected chi connectivity index (χ2v) is 6.24. The van der Waals surface area contributed by atoms with Crippen LogP contribution < -0.4 is 16.0 Å². The van der Waals surface area contributed by atoms with E-state index in [1.165, 1.54) is 19.3 Å². The average Bonchev–Trinajstić information content (AvgIpc) is 2.68.